The monoisotopic (exact) mass is 930 g/mol. The molecule has 0 radical (unpaired) electrons. The summed E-state index contributed by atoms with van der Waals surface area (Å²) in [7, 11) is 0. The van der Waals surface area contributed by atoms with Crippen LogP contribution in [0, 0.1) is 11.3 Å². The van der Waals surface area contributed by atoms with Gasteiger partial charge in [-0.3, -0.25) is 9.97 Å². The molecular formula is C66H38N6O. The van der Waals surface area contributed by atoms with Gasteiger partial charge in [0.1, 0.15) is 11.5 Å². The van der Waals surface area contributed by atoms with Gasteiger partial charge in [-0.15, -0.1) is 0 Å². The van der Waals surface area contributed by atoms with E-state index in [1.54, 1.807) is 0 Å². The Balaban J connectivity index is 0.890. The third kappa shape index (κ3) is 5.36. The average Bonchev–Trinajstić information content (AvgIpc) is 4.17. The van der Waals surface area contributed by atoms with E-state index in [0.29, 0.717) is 5.56 Å². The van der Waals surface area contributed by atoms with Crippen molar-refractivity contribution in [1.29, 1.82) is 5.26 Å². The summed E-state index contributed by atoms with van der Waals surface area (Å²) in [5.41, 5.74) is 17.8. The molecule has 6 heterocycles. The van der Waals surface area contributed by atoms with E-state index in [9.17, 15) is 5.26 Å². The summed E-state index contributed by atoms with van der Waals surface area (Å²) >= 11 is 0. The van der Waals surface area contributed by atoms with Crippen LogP contribution in [0.3, 0.4) is 0 Å². The molecule has 7 nitrogen and oxygen atoms in total. The van der Waals surface area contributed by atoms with Crippen molar-refractivity contribution in [2.24, 2.45) is 0 Å². The Morgan fingerprint density at radius 2 is 0.808 bits per heavy atom. The molecule has 0 saturated carbocycles. The molecule has 7 heteroatoms. The summed E-state index contributed by atoms with van der Waals surface area (Å²) in [5.74, 6) is 1.57. The van der Waals surface area contributed by atoms with Crippen LogP contribution < -0.4 is 4.74 Å². The highest BCUT2D eigenvalue weighted by atomic mass is 16.5. The van der Waals surface area contributed by atoms with Crippen molar-refractivity contribution >= 4 is 65.4 Å². The average molecular weight is 931 g/mol. The Labute approximate surface area is 418 Å². The first-order valence-corrected chi connectivity index (χ1v) is 24.6. The zero-order valence-corrected chi connectivity index (χ0v) is 39.0. The molecule has 0 unspecified atom stereocenters. The lowest BCUT2D eigenvalue weighted by atomic mass is 9.66. The molecule has 5 aromatic heterocycles. The SMILES string of the molecule is N#Cc1ccc2c(c1)c1ccccc1n2-c1ccc2c(c1)C1(c3cc(-c4ccc5c(c4)c4ccccc4n5-c4cccc(-n5c6ccccc6c6ccccc65)c4)ccc3O2)c2cccnc2-c2ncccc21. The van der Waals surface area contributed by atoms with Gasteiger partial charge < -0.3 is 18.4 Å². The van der Waals surface area contributed by atoms with Crippen LogP contribution in [0.15, 0.2) is 231 Å². The predicted octanol–water partition coefficient (Wildman–Crippen LogP) is 15.8. The highest BCUT2D eigenvalue weighted by molar-refractivity contribution is 6.12. The van der Waals surface area contributed by atoms with E-state index < -0.39 is 5.41 Å². The van der Waals surface area contributed by atoms with Crippen molar-refractivity contribution in [1.82, 2.24) is 23.7 Å². The molecule has 2 aliphatic rings. The van der Waals surface area contributed by atoms with Crippen LogP contribution in [0.1, 0.15) is 27.8 Å². The number of rotatable bonds is 4. The number of hydrogen-bond donors (Lipinski definition) is 0. The second-order valence-corrected chi connectivity index (χ2v) is 19.2. The number of fused-ring (bicyclic) bond motifs is 18. The molecule has 0 atom stereocenters. The van der Waals surface area contributed by atoms with Crippen molar-refractivity contribution in [3.8, 4) is 57.1 Å². The standard InChI is InChI=1S/C66H38N6O/c67-39-40-24-28-60-50(34-40)48-16-3-7-22-58(48)72(60)45-27-31-63-55(38-45)66(52-18-10-32-68-64(52)65-53(66)19-11-33-69-65)54-36-42(26-30-62(54)73-63)41-25-29-61-51(35-41)49-17-4-8-23-59(49)71(61)44-13-9-12-43(37-44)70-56-20-5-1-14-46(56)47-15-2-6-21-57(47)70/h1-38H. The van der Waals surface area contributed by atoms with Crippen molar-refractivity contribution in [3.05, 3.63) is 259 Å². The minimum absolute atomic E-state index is 0.631. The highest BCUT2D eigenvalue weighted by Crippen LogP contribution is 2.62. The van der Waals surface area contributed by atoms with Gasteiger partial charge in [-0.05, 0) is 138 Å². The van der Waals surface area contributed by atoms with Crippen LogP contribution in [0.5, 0.6) is 11.5 Å². The lowest BCUT2D eigenvalue weighted by Gasteiger charge is -2.39. The minimum atomic E-state index is -0.823. The van der Waals surface area contributed by atoms with Crippen molar-refractivity contribution in [2.75, 3.05) is 0 Å². The fraction of sp³-hybridized carbons (Fsp3) is 0.0152. The van der Waals surface area contributed by atoms with Crippen LogP contribution in [-0.2, 0) is 5.41 Å². The normalized spacial score (nSPS) is 13.1. The minimum Gasteiger partial charge on any atom is -0.457 e. The van der Waals surface area contributed by atoms with Crippen molar-refractivity contribution in [2.45, 2.75) is 5.41 Å². The summed E-state index contributed by atoms with van der Waals surface area (Å²) in [5, 5.41) is 16.9. The molecular weight excluding hydrogens is 893 g/mol. The van der Waals surface area contributed by atoms with Gasteiger partial charge in [-0.1, -0.05) is 103 Å². The van der Waals surface area contributed by atoms with Crippen LogP contribution in [0.25, 0.3) is 105 Å². The number of nitriles is 1. The molecule has 1 spiro atoms. The van der Waals surface area contributed by atoms with Gasteiger partial charge >= 0.3 is 0 Å². The number of pyridine rings is 2. The van der Waals surface area contributed by atoms with Gasteiger partial charge in [-0.25, -0.2) is 0 Å². The molecule has 9 aromatic carbocycles. The summed E-state index contributed by atoms with van der Waals surface area (Å²) in [6.07, 6.45) is 3.73. The fourth-order valence-electron chi connectivity index (χ4n) is 12.6. The van der Waals surface area contributed by atoms with Gasteiger partial charge in [0.05, 0.1) is 61.5 Å². The van der Waals surface area contributed by atoms with E-state index in [1.165, 1.54) is 32.6 Å². The maximum atomic E-state index is 9.91. The third-order valence-electron chi connectivity index (χ3n) is 15.6. The van der Waals surface area contributed by atoms with Crippen LogP contribution in [0.2, 0.25) is 0 Å². The number of aromatic nitrogens is 5. The van der Waals surface area contributed by atoms with Crippen LogP contribution in [0.4, 0.5) is 0 Å². The Bertz CT molecular complexity index is 4660. The smallest absolute Gasteiger partial charge is 0.132 e. The maximum Gasteiger partial charge on any atom is 0.132 e. The molecule has 338 valence electrons. The lowest BCUT2D eigenvalue weighted by molar-refractivity contribution is 0.436. The second kappa shape index (κ2) is 14.8. The quantitative estimate of drug-likeness (QED) is 0.176. The van der Waals surface area contributed by atoms with E-state index in [2.05, 4.69) is 214 Å². The molecule has 0 bridgehead atoms. The third-order valence-corrected chi connectivity index (χ3v) is 15.6. The molecule has 1 aliphatic carbocycles. The van der Waals surface area contributed by atoms with Gasteiger partial charge in [0.25, 0.3) is 0 Å². The van der Waals surface area contributed by atoms with Gasteiger partial charge in [0.2, 0.25) is 0 Å². The molecule has 1 aliphatic heterocycles. The Kier molecular flexibility index (Phi) is 8.04. The topological polar surface area (TPSA) is 73.6 Å². The van der Waals surface area contributed by atoms with E-state index in [4.69, 9.17) is 14.7 Å². The summed E-state index contributed by atoms with van der Waals surface area (Å²) in [6, 6.07) is 80.4. The first-order valence-electron chi connectivity index (χ1n) is 24.6. The van der Waals surface area contributed by atoms with E-state index >= 15 is 0 Å². The van der Waals surface area contributed by atoms with Gasteiger partial charge in [-0.2, -0.15) is 5.26 Å². The largest absolute Gasteiger partial charge is 0.457 e. The molecule has 0 N–H and O–H groups in total. The van der Waals surface area contributed by atoms with Crippen molar-refractivity contribution < 1.29 is 4.74 Å². The molecule has 14 aromatic rings. The summed E-state index contributed by atoms with van der Waals surface area (Å²) < 4.78 is 14.1. The number of para-hydroxylation sites is 4. The van der Waals surface area contributed by atoms with Crippen LogP contribution in [-0.4, -0.2) is 23.7 Å². The van der Waals surface area contributed by atoms with E-state index in [-0.39, 0.29) is 0 Å². The van der Waals surface area contributed by atoms with E-state index in [1.807, 2.05) is 36.7 Å². The Hall–Kier alpha value is -10.0. The summed E-state index contributed by atoms with van der Waals surface area (Å²) in [4.78, 5) is 10.1. The zero-order chi connectivity index (χ0) is 47.9. The lowest BCUT2D eigenvalue weighted by Crippen LogP contribution is -2.32. The van der Waals surface area contributed by atoms with Gasteiger partial charge in [0.15, 0.2) is 0 Å². The molecule has 0 saturated heterocycles. The van der Waals surface area contributed by atoms with E-state index in [0.717, 1.165) is 106 Å². The first-order chi connectivity index (χ1) is 36.2. The van der Waals surface area contributed by atoms with Crippen molar-refractivity contribution in [3.63, 3.8) is 0 Å². The number of benzene rings is 9. The molecule has 16 rings (SSSR count). The Morgan fingerprint density at radius 3 is 1.38 bits per heavy atom. The second-order valence-electron chi connectivity index (χ2n) is 19.2. The number of hydrogen-bond acceptors (Lipinski definition) is 4. The number of ether oxygens (including phenoxy) is 1. The summed E-state index contributed by atoms with van der Waals surface area (Å²) in [6.45, 7) is 0. The fourth-order valence-corrected chi connectivity index (χ4v) is 12.6. The number of nitrogens with zero attached hydrogens (tertiary/aromatic N) is 6. The first kappa shape index (κ1) is 39.8. The highest BCUT2D eigenvalue weighted by Gasteiger charge is 2.52. The van der Waals surface area contributed by atoms with Gasteiger partial charge in [0, 0.05) is 72.9 Å². The molecule has 0 amide bonds. The maximum absolute atomic E-state index is 9.91. The van der Waals surface area contributed by atoms with Crippen LogP contribution >= 0.6 is 0 Å². The Morgan fingerprint density at radius 1 is 0.356 bits per heavy atom. The molecule has 73 heavy (non-hydrogen) atoms. The molecule has 0 fully saturated rings. The zero-order valence-electron chi connectivity index (χ0n) is 39.0. The predicted molar refractivity (Wildman–Crippen MR) is 293 cm³/mol.